The van der Waals surface area contributed by atoms with E-state index in [0.717, 1.165) is 36.8 Å². The van der Waals surface area contributed by atoms with Gasteiger partial charge in [-0.2, -0.15) is 0 Å². The summed E-state index contributed by atoms with van der Waals surface area (Å²) in [4.78, 5) is 13.1. The average molecular weight is 457 g/mol. The van der Waals surface area contributed by atoms with E-state index in [9.17, 15) is 4.79 Å². The lowest BCUT2D eigenvalue weighted by Crippen LogP contribution is -2.40. The summed E-state index contributed by atoms with van der Waals surface area (Å²) in [7, 11) is 0. The van der Waals surface area contributed by atoms with E-state index in [1.807, 2.05) is 0 Å². The lowest BCUT2D eigenvalue weighted by Gasteiger charge is -2.38. The maximum atomic E-state index is 13.1. The Morgan fingerprint density at radius 3 is 2.59 bits per heavy atom. The van der Waals surface area contributed by atoms with Crippen LogP contribution in [0.4, 0.5) is 0 Å². The van der Waals surface area contributed by atoms with Crippen molar-refractivity contribution in [2.45, 2.75) is 63.8 Å². The van der Waals surface area contributed by atoms with Crippen LogP contribution < -0.4 is 0 Å². The van der Waals surface area contributed by atoms with Crippen molar-refractivity contribution in [1.29, 1.82) is 0 Å². The van der Waals surface area contributed by atoms with Gasteiger partial charge in [-0.15, -0.1) is 0 Å². The van der Waals surface area contributed by atoms with E-state index in [1.54, 1.807) is 0 Å². The Morgan fingerprint density at radius 2 is 1.90 bits per heavy atom. The lowest BCUT2D eigenvalue weighted by molar-refractivity contribution is -0.209. The highest BCUT2D eigenvalue weighted by atomic mass is 79.9. The number of halogens is 1. The fourth-order valence-corrected chi connectivity index (χ4v) is 4.69. The smallest absolute Gasteiger partial charge is 0.157 e. The zero-order chi connectivity index (χ0) is 20.2. The van der Waals surface area contributed by atoms with Crippen LogP contribution in [0, 0.1) is 12.8 Å². The van der Waals surface area contributed by atoms with Crippen molar-refractivity contribution in [3.63, 3.8) is 0 Å². The fraction of sp³-hybridized carbons (Fsp3) is 0.480. The molecule has 1 saturated heterocycles. The number of aryl methyl sites for hydroxylation is 1. The molecule has 1 heterocycles. The SMILES string of the molecule is Cc1ccccc1C(CC(=O)C1CC(OC2CCCCO2)C1)c1ccc(Br)cc1. The van der Waals surface area contributed by atoms with Gasteiger partial charge in [0.2, 0.25) is 0 Å². The second-order valence-corrected chi connectivity index (χ2v) is 9.27. The summed E-state index contributed by atoms with van der Waals surface area (Å²) in [6.45, 7) is 2.92. The molecule has 0 radical (unpaired) electrons. The monoisotopic (exact) mass is 456 g/mol. The molecule has 2 aromatic rings. The van der Waals surface area contributed by atoms with E-state index < -0.39 is 0 Å². The molecule has 2 fully saturated rings. The van der Waals surface area contributed by atoms with Crippen molar-refractivity contribution >= 4 is 21.7 Å². The van der Waals surface area contributed by atoms with Crippen LogP contribution in [-0.2, 0) is 14.3 Å². The standard InChI is InChI=1S/C25H29BrO3/c1-17-6-2-3-7-22(17)23(18-9-11-20(26)12-10-18)16-24(27)19-14-21(15-19)29-25-8-4-5-13-28-25/h2-3,6-7,9-12,19,21,23,25H,4-5,8,13-16H2,1H3. The van der Waals surface area contributed by atoms with Gasteiger partial charge in [-0.1, -0.05) is 52.3 Å². The molecule has 0 aromatic heterocycles. The third kappa shape index (κ3) is 5.17. The molecule has 0 bridgehead atoms. The van der Waals surface area contributed by atoms with Gasteiger partial charge in [0.1, 0.15) is 5.78 Å². The molecule has 0 spiro atoms. The van der Waals surface area contributed by atoms with Crippen LogP contribution in [0.2, 0.25) is 0 Å². The van der Waals surface area contributed by atoms with Gasteiger partial charge in [0.15, 0.2) is 6.29 Å². The van der Waals surface area contributed by atoms with Gasteiger partial charge >= 0.3 is 0 Å². The molecule has 2 aliphatic rings. The Bertz CT molecular complexity index is 820. The van der Waals surface area contributed by atoms with Gasteiger partial charge in [0.25, 0.3) is 0 Å². The first kappa shape index (κ1) is 20.8. The normalized spacial score (nSPS) is 25.2. The number of hydrogen-bond acceptors (Lipinski definition) is 3. The maximum Gasteiger partial charge on any atom is 0.157 e. The van der Waals surface area contributed by atoms with Crippen LogP contribution in [0.25, 0.3) is 0 Å². The van der Waals surface area contributed by atoms with Crippen molar-refractivity contribution in [3.05, 3.63) is 69.7 Å². The molecule has 1 aliphatic carbocycles. The van der Waals surface area contributed by atoms with Gasteiger partial charge in [0.05, 0.1) is 6.10 Å². The van der Waals surface area contributed by atoms with Crippen molar-refractivity contribution in [2.75, 3.05) is 6.61 Å². The minimum atomic E-state index is -0.0627. The molecule has 1 saturated carbocycles. The summed E-state index contributed by atoms with van der Waals surface area (Å²) in [5, 5.41) is 0. The first-order valence-corrected chi connectivity index (χ1v) is 11.5. The molecule has 2 aromatic carbocycles. The van der Waals surface area contributed by atoms with E-state index >= 15 is 0 Å². The van der Waals surface area contributed by atoms with Gasteiger partial charge in [-0.25, -0.2) is 0 Å². The molecule has 3 nitrogen and oxygen atoms in total. The second-order valence-electron chi connectivity index (χ2n) is 8.35. The van der Waals surface area contributed by atoms with E-state index in [4.69, 9.17) is 9.47 Å². The van der Waals surface area contributed by atoms with Crippen molar-refractivity contribution in [3.8, 4) is 0 Å². The number of Topliss-reactive ketones (excluding diaryl/α,β-unsaturated/α-hetero) is 1. The van der Waals surface area contributed by atoms with Gasteiger partial charge in [-0.05, 0) is 67.9 Å². The van der Waals surface area contributed by atoms with Gasteiger partial charge in [0, 0.05) is 29.3 Å². The summed E-state index contributed by atoms with van der Waals surface area (Å²) >= 11 is 3.52. The van der Waals surface area contributed by atoms with Crippen LogP contribution in [0.15, 0.2) is 53.0 Å². The number of hydrogen-bond donors (Lipinski definition) is 0. The summed E-state index contributed by atoms with van der Waals surface area (Å²) in [6, 6.07) is 16.8. The summed E-state index contributed by atoms with van der Waals surface area (Å²) in [5.41, 5.74) is 3.67. The third-order valence-electron chi connectivity index (χ3n) is 6.27. The molecule has 29 heavy (non-hydrogen) atoms. The van der Waals surface area contributed by atoms with E-state index in [2.05, 4.69) is 71.4 Å². The zero-order valence-electron chi connectivity index (χ0n) is 17.0. The van der Waals surface area contributed by atoms with Crippen molar-refractivity contribution in [2.24, 2.45) is 5.92 Å². The molecule has 0 N–H and O–H groups in total. The number of carbonyl (C=O) groups excluding carboxylic acids is 1. The van der Waals surface area contributed by atoms with Crippen LogP contribution in [-0.4, -0.2) is 24.8 Å². The first-order chi connectivity index (χ1) is 14.1. The molecule has 0 amide bonds. The Kier molecular flexibility index (Phi) is 6.84. The number of benzene rings is 2. The Morgan fingerprint density at radius 1 is 1.14 bits per heavy atom. The number of ketones is 1. The van der Waals surface area contributed by atoms with Crippen LogP contribution in [0.1, 0.15) is 61.1 Å². The minimum Gasteiger partial charge on any atom is -0.353 e. The number of carbonyl (C=O) groups is 1. The quantitative estimate of drug-likeness (QED) is 0.499. The van der Waals surface area contributed by atoms with E-state index in [0.29, 0.717) is 12.2 Å². The predicted molar refractivity (Wildman–Crippen MR) is 118 cm³/mol. The predicted octanol–water partition coefficient (Wildman–Crippen LogP) is 6.17. The third-order valence-corrected chi connectivity index (χ3v) is 6.80. The average Bonchev–Trinajstić information content (AvgIpc) is 2.70. The maximum absolute atomic E-state index is 13.1. The summed E-state index contributed by atoms with van der Waals surface area (Å²) < 4.78 is 12.8. The summed E-state index contributed by atoms with van der Waals surface area (Å²) in [5.74, 6) is 0.564. The summed E-state index contributed by atoms with van der Waals surface area (Å²) in [6.07, 6.45) is 5.60. The highest BCUT2D eigenvalue weighted by molar-refractivity contribution is 9.10. The van der Waals surface area contributed by atoms with Crippen LogP contribution in [0.5, 0.6) is 0 Å². The lowest BCUT2D eigenvalue weighted by atomic mass is 9.74. The molecule has 2 atom stereocenters. The second kappa shape index (κ2) is 9.55. The minimum absolute atomic E-state index is 0.0627. The fourth-order valence-electron chi connectivity index (χ4n) is 4.42. The van der Waals surface area contributed by atoms with Gasteiger partial charge in [-0.3, -0.25) is 4.79 Å². The largest absolute Gasteiger partial charge is 0.353 e. The molecular formula is C25H29BrO3. The van der Waals surface area contributed by atoms with Crippen molar-refractivity contribution < 1.29 is 14.3 Å². The van der Waals surface area contributed by atoms with Crippen LogP contribution >= 0.6 is 15.9 Å². The molecule has 2 unspecified atom stereocenters. The highest BCUT2D eigenvalue weighted by Gasteiger charge is 2.37. The van der Waals surface area contributed by atoms with Gasteiger partial charge < -0.3 is 9.47 Å². The number of rotatable bonds is 7. The Balaban J connectivity index is 1.41. The molecule has 4 heteroatoms. The van der Waals surface area contributed by atoms with E-state index in [1.165, 1.54) is 23.1 Å². The molecular weight excluding hydrogens is 428 g/mol. The molecule has 4 rings (SSSR count). The highest BCUT2D eigenvalue weighted by Crippen LogP contribution is 2.38. The molecule has 1 aliphatic heterocycles. The van der Waals surface area contributed by atoms with E-state index in [-0.39, 0.29) is 24.2 Å². The molecule has 154 valence electrons. The first-order valence-electron chi connectivity index (χ1n) is 10.7. The van der Waals surface area contributed by atoms with Crippen LogP contribution in [0.3, 0.4) is 0 Å². The number of ether oxygens (including phenoxy) is 2. The zero-order valence-corrected chi connectivity index (χ0v) is 18.6. The Hall–Kier alpha value is -1.49. The Labute approximate surface area is 181 Å². The topological polar surface area (TPSA) is 35.5 Å². The van der Waals surface area contributed by atoms with Crippen molar-refractivity contribution in [1.82, 2.24) is 0 Å².